The number of rotatable bonds is 7. The second-order valence-corrected chi connectivity index (χ2v) is 11.3. The van der Waals surface area contributed by atoms with Gasteiger partial charge in [0.2, 0.25) is 0 Å². The molecule has 0 spiro atoms. The third-order valence-electron chi connectivity index (χ3n) is 6.08. The van der Waals surface area contributed by atoms with Gasteiger partial charge in [0.1, 0.15) is 17.3 Å². The van der Waals surface area contributed by atoms with Gasteiger partial charge in [-0.15, -0.1) is 0 Å². The second-order valence-electron chi connectivity index (χ2n) is 8.77. The highest BCUT2D eigenvalue weighted by atomic mass is 35.5. The molecule has 1 amide bonds. The molecule has 0 fully saturated rings. The lowest BCUT2D eigenvalue weighted by Crippen LogP contribution is -2.41. The van der Waals surface area contributed by atoms with Crippen molar-refractivity contribution in [3.8, 4) is 22.6 Å². The quantitative estimate of drug-likeness (QED) is 0.443. The normalized spacial score (nSPS) is 17.8. The minimum atomic E-state index is -3.90. The fraction of sp³-hybridized carbons (Fsp3) is 0.231. The second kappa shape index (κ2) is 9.68. The van der Waals surface area contributed by atoms with Crippen molar-refractivity contribution in [2.24, 2.45) is 10.7 Å². The van der Waals surface area contributed by atoms with Crippen LogP contribution in [0.25, 0.3) is 11.1 Å². The van der Waals surface area contributed by atoms with Crippen LogP contribution in [-0.4, -0.2) is 44.6 Å². The smallest absolute Gasteiger partial charge is 0.311 e. The van der Waals surface area contributed by atoms with Crippen LogP contribution in [0.2, 0.25) is 5.02 Å². The zero-order chi connectivity index (χ0) is 27.1. The van der Waals surface area contributed by atoms with E-state index < -0.39 is 32.6 Å². The molecule has 0 aliphatic carbocycles. The summed E-state index contributed by atoms with van der Waals surface area (Å²) in [6.07, 6.45) is 0. The summed E-state index contributed by atoms with van der Waals surface area (Å²) in [4.78, 5) is 19.4. The number of likely N-dealkylation sites (N-methyl/N-ethyl adjacent to an activating group) is 1. The predicted molar refractivity (Wildman–Crippen MR) is 140 cm³/mol. The number of nitrogens with zero attached hydrogens (tertiary/aromatic N) is 2. The number of hydrogen-bond acceptors (Lipinski definition) is 7. The van der Waals surface area contributed by atoms with E-state index in [1.165, 1.54) is 63.2 Å². The van der Waals surface area contributed by atoms with Crippen molar-refractivity contribution in [1.82, 2.24) is 4.90 Å². The van der Waals surface area contributed by atoms with Gasteiger partial charge in [-0.3, -0.25) is 9.69 Å². The zero-order valence-electron chi connectivity index (χ0n) is 20.5. The van der Waals surface area contributed by atoms with Crippen molar-refractivity contribution in [1.29, 1.82) is 0 Å². The molecule has 1 unspecified atom stereocenters. The summed E-state index contributed by atoms with van der Waals surface area (Å²) in [6, 6.07) is 15.0. The van der Waals surface area contributed by atoms with Gasteiger partial charge >= 0.3 is 10.1 Å². The van der Waals surface area contributed by atoms with E-state index in [0.29, 0.717) is 27.5 Å². The molecule has 0 saturated heterocycles. The van der Waals surface area contributed by atoms with Crippen LogP contribution < -0.4 is 14.7 Å². The molecule has 11 heteroatoms. The Morgan fingerprint density at radius 1 is 1.05 bits per heavy atom. The number of guanidine groups is 1. The highest BCUT2D eigenvalue weighted by Crippen LogP contribution is 2.42. The summed E-state index contributed by atoms with van der Waals surface area (Å²) >= 11 is 6.21. The molecule has 37 heavy (non-hydrogen) atoms. The van der Waals surface area contributed by atoms with Crippen LogP contribution in [0.3, 0.4) is 0 Å². The molecule has 2 N–H and O–H groups in total. The molecule has 4 rings (SSSR count). The molecule has 1 aliphatic heterocycles. The Labute approximate surface area is 219 Å². The molecule has 0 aromatic heterocycles. The van der Waals surface area contributed by atoms with Crippen molar-refractivity contribution in [2.75, 3.05) is 14.2 Å². The Kier molecular flexibility index (Phi) is 6.91. The van der Waals surface area contributed by atoms with Crippen LogP contribution in [0.15, 0.2) is 65.7 Å². The number of benzene rings is 3. The number of carbonyl (C=O) groups is 1. The summed E-state index contributed by atoms with van der Waals surface area (Å²) < 4.78 is 50.3. The minimum absolute atomic E-state index is 0.00334. The fourth-order valence-electron chi connectivity index (χ4n) is 4.00. The summed E-state index contributed by atoms with van der Waals surface area (Å²) in [7, 11) is -0.960. The van der Waals surface area contributed by atoms with Gasteiger partial charge in [-0.1, -0.05) is 29.8 Å². The van der Waals surface area contributed by atoms with E-state index in [2.05, 4.69) is 4.99 Å². The SMILES string of the molecule is COc1cc(Cl)cc(-c2cc(C3(c4cccc(OS(=O)(=O)C(C)C)c4)N=C(N)N(C)C3=O)ccc2F)c1. The lowest BCUT2D eigenvalue weighted by molar-refractivity contribution is -0.129. The van der Waals surface area contributed by atoms with Gasteiger partial charge in [-0.05, 0) is 73.0 Å². The molecule has 0 saturated carbocycles. The first-order valence-corrected chi connectivity index (χ1v) is 13.1. The van der Waals surface area contributed by atoms with Crippen LogP contribution in [-0.2, 0) is 20.5 Å². The van der Waals surface area contributed by atoms with E-state index in [-0.39, 0.29) is 17.3 Å². The predicted octanol–water partition coefficient (Wildman–Crippen LogP) is 4.30. The van der Waals surface area contributed by atoms with Gasteiger partial charge in [0.25, 0.3) is 5.91 Å². The monoisotopic (exact) mass is 545 g/mol. The van der Waals surface area contributed by atoms with E-state index in [4.69, 9.17) is 26.3 Å². The lowest BCUT2D eigenvalue weighted by Gasteiger charge is -2.27. The first-order chi connectivity index (χ1) is 17.4. The van der Waals surface area contributed by atoms with Crippen molar-refractivity contribution >= 4 is 33.6 Å². The first kappa shape index (κ1) is 26.4. The van der Waals surface area contributed by atoms with E-state index in [1.807, 2.05) is 0 Å². The van der Waals surface area contributed by atoms with Crippen LogP contribution in [0.5, 0.6) is 11.5 Å². The van der Waals surface area contributed by atoms with E-state index in [1.54, 1.807) is 30.3 Å². The Bertz CT molecular complexity index is 1530. The number of methoxy groups -OCH3 is 1. The largest absolute Gasteiger partial charge is 0.497 e. The third kappa shape index (κ3) is 4.74. The van der Waals surface area contributed by atoms with Crippen molar-refractivity contribution in [3.05, 3.63) is 82.6 Å². The van der Waals surface area contributed by atoms with Gasteiger partial charge in [0, 0.05) is 17.6 Å². The summed E-state index contributed by atoms with van der Waals surface area (Å²) in [5.41, 5.74) is 5.52. The van der Waals surface area contributed by atoms with Crippen LogP contribution >= 0.6 is 11.6 Å². The molecule has 1 heterocycles. The number of halogens is 2. The van der Waals surface area contributed by atoms with Crippen LogP contribution in [0, 0.1) is 5.82 Å². The lowest BCUT2D eigenvalue weighted by atomic mass is 9.81. The summed E-state index contributed by atoms with van der Waals surface area (Å²) in [6.45, 7) is 2.98. The molecule has 8 nitrogen and oxygen atoms in total. The molecule has 0 bridgehead atoms. The van der Waals surface area contributed by atoms with Gasteiger partial charge in [-0.25, -0.2) is 9.38 Å². The third-order valence-corrected chi connectivity index (χ3v) is 7.88. The topological polar surface area (TPSA) is 111 Å². The van der Waals surface area contributed by atoms with Crippen molar-refractivity contribution < 1.29 is 26.5 Å². The minimum Gasteiger partial charge on any atom is -0.497 e. The molecule has 194 valence electrons. The summed E-state index contributed by atoms with van der Waals surface area (Å²) in [5.74, 6) is -0.684. The maximum absolute atomic E-state index is 15.1. The molecule has 1 atom stereocenters. The van der Waals surface area contributed by atoms with Crippen LogP contribution in [0.1, 0.15) is 25.0 Å². The zero-order valence-corrected chi connectivity index (χ0v) is 22.1. The van der Waals surface area contributed by atoms with Gasteiger partial charge < -0.3 is 14.7 Å². The number of hydrogen-bond donors (Lipinski definition) is 1. The molecule has 3 aromatic carbocycles. The molecular weight excluding hydrogens is 521 g/mol. The van der Waals surface area contributed by atoms with E-state index >= 15 is 4.39 Å². The summed E-state index contributed by atoms with van der Waals surface area (Å²) in [5, 5.41) is -0.448. The van der Waals surface area contributed by atoms with Gasteiger partial charge in [0.05, 0.1) is 12.4 Å². The average molecular weight is 546 g/mol. The Balaban J connectivity index is 1.93. The van der Waals surface area contributed by atoms with Crippen molar-refractivity contribution in [2.45, 2.75) is 24.6 Å². The Hall–Kier alpha value is -3.63. The maximum Gasteiger partial charge on any atom is 0.311 e. The number of aliphatic imine (C=N–C) groups is 1. The number of ether oxygens (including phenoxy) is 1. The molecule has 3 aromatic rings. The Morgan fingerprint density at radius 2 is 1.76 bits per heavy atom. The number of carbonyl (C=O) groups excluding carboxylic acids is 1. The molecule has 1 aliphatic rings. The molecule has 0 radical (unpaired) electrons. The van der Waals surface area contributed by atoms with Gasteiger partial charge in [0.15, 0.2) is 11.5 Å². The van der Waals surface area contributed by atoms with Gasteiger partial charge in [-0.2, -0.15) is 8.42 Å². The first-order valence-electron chi connectivity index (χ1n) is 11.2. The van der Waals surface area contributed by atoms with Crippen molar-refractivity contribution in [3.63, 3.8) is 0 Å². The van der Waals surface area contributed by atoms with E-state index in [0.717, 1.165) is 0 Å². The number of nitrogens with two attached hydrogens (primary N) is 1. The molecular formula is C26H25ClFN3O5S. The highest BCUT2D eigenvalue weighted by Gasteiger charge is 2.50. The Morgan fingerprint density at radius 3 is 2.38 bits per heavy atom. The fourth-order valence-corrected chi connectivity index (χ4v) is 4.78. The number of amides is 1. The van der Waals surface area contributed by atoms with E-state index in [9.17, 15) is 13.2 Å². The maximum atomic E-state index is 15.1. The standard InChI is InChI=1S/C26H25ClFN3O5S/c1-15(2)37(33,34)36-20-7-5-6-17(12-20)26(24(32)31(3)25(29)30-26)18-8-9-23(28)22(13-18)16-10-19(27)14-21(11-16)35-4/h5-15H,1-4H3,(H2,29,30). The average Bonchev–Trinajstić information content (AvgIpc) is 3.08. The van der Waals surface area contributed by atoms with Crippen LogP contribution in [0.4, 0.5) is 4.39 Å². The highest BCUT2D eigenvalue weighted by molar-refractivity contribution is 7.87.